The standard InChI is InChI=1S/C14H20ClFN2S/c15-12-1-2-14(16)11(8-12)9-13(18-17)7-10-3-5-19-6-4-10/h1-2,8,10,13,18H,3-7,9,17H2. The fourth-order valence-corrected chi connectivity index (χ4v) is 3.96. The molecule has 5 heteroatoms. The Labute approximate surface area is 123 Å². The highest BCUT2D eigenvalue weighted by molar-refractivity contribution is 7.99. The average Bonchev–Trinajstić information content (AvgIpc) is 2.43. The SMILES string of the molecule is NNC(Cc1cc(Cl)ccc1F)CC1CCSCC1. The summed E-state index contributed by atoms with van der Waals surface area (Å²) in [6.45, 7) is 0. The minimum Gasteiger partial charge on any atom is -0.271 e. The lowest BCUT2D eigenvalue weighted by Gasteiger charge is -2.26. The van der Waals surface area contributed by atoms with E-state index in [1.54, 1.807) is 12.1 Å². The summed E-state index contributed by atoms with van der Waals surface area (Å²) in [4.78, 5) is 0. The van der Waals surface area contributed by atoms with Crippen molar-refractivity contribution < 1.29 is 4.39 Å². The lowest BCUT2D eigenvalue weighted by Crippen LogP contribution is -2.39. The maximum atomic E-state index is 13.7. The van der Waals surface area contributed by atoms with E-state index in [4.69, 9.17) is 17.4 Å². The molecule has 106 valence electrons. The van der Waals surface area contributed by atoms with Crippen molar-refractivity contribution in [1.29, 1.82) is 0 Å². The maximum Gasteiger partial charge on any atom is 0.126 e. The van der Waals surface area contributed by atoms with E-state index in [0.29, 0.717) is 22.9 Å². The number of nitrogens with one attached hydrogen (secondary N) is 1. The van der Waals surface area contributed by atoms with Crippen molar-refractivity contribution in [2.45, 2.75) is 31.7 Å². The Bertz CT molecular complexity index is 410. The summed E-state index contributed by atoms with van der Waals surface area (Å²) < 4.78 is 13.7. The molecule has 1 atom stereocenters. The molecule has 0 spiro atoms. The fraction of sp³-hybridized carbons (Fsp3) is 0.571. The third kappa shape index (κ3) is 4.63. The van der Waals surface area contributed by atoms with Crippen LogP contribution in [0, 0.1) is 11.7 Å². The second kappa shape index (κ2) is 7.48. The van der Waals surface area contributed by atoms with Gasteiger partial charge in [-0.05, 0) is 66.9 Å². The predicted molar refractivity (Wildman–Crippen MR) is 80.9 cm³/mol. The van der Waals surface area contributed by atoms with Crippen LogP contribution in [0.2, 0.25) is 5.02 Å². The van der Waals surface area contributed by atoms with Crippen LogP contribution in [0.3, 0.4) is 0 Å². The van der Waals surface area contributed by atoms with Crippen LogP contribution in [0.25, 0.3) is 0 Å². The molecule has 1 aliphatic rings. The molecular formula is C14H20ClFN2S. The van der Waals surface area contributed by atoms with Gasteiger partial charge in [0.05, 0.1) is 0 Å². The Balaban J connectivity index is 1.95. The quantitative estimate of drug-likeness (QED) is 0.647. The molecule has 1 aromatic rings. The zero-order valence-electron chi connectivity index (χ0n) is 10.9. The highest BCUT2D eigenvalue weighted by Crippen LogP contribution is 2.27. The lowest BCUT2D eigenvalue weighted by molar-refractivity contribution is 0.363. The van der Waals surface area contributed by atoms with Gasteiger partial charge in [-0.25, -0.2) is 4.39 Å². The number of halogens is 2. The summed E-state index contributed by atoms with van der Waals surface area (Å²) in [5.41, 5.74) is 3.47. The molecule has 0 amide bonds. The molecule has 0 bridgehead atoms. The molecule has 1 aromatic carbocycles. The zero-order chi connectivity index (χ0) is 13.7. The van der Waals surface area contributed by atoms with Gasteiger partial charge in [0.15, 0.2) is 0 Å². The van der Waals surface area contributed by atoms with Gasteiger partial charge in [-0.1, -0.05) is 11.6 Å². The van der Waals surface area contributed by atoms with E-state index in [-0.39, 0.29) is 11.9 Å². The fourth-order valence-electron chi connectivity index (χ4n) is 2.56. The monoisotopic (exact) mass is 302 g/mol. The molecule has 0 saturated carbocycles. The summed E-state index contributed by atoms with van der Waals surface area (Å²) in [6, 6.07) is 4.80. The lowest BCUT2D eigenvalue weighted by atomic mass is 9.91. The molecule has 1 unspecified atom stereocenters. The Morgan fingerprint density at radius 3 is 2.84 bits per heavy atom. The van der Waals surface area contributed by atoms with E-state index in [2.05, 4.69) is 5.43 Å². The number of hydrogen-bond donors (Lipinski definition) is 2. The first-order valence-electron chi connectivity index (χ1n) is 6.67. The Morgan fingerprint density at radius 2 is 2.16 bits per heavy atom. The molecule has 0 aliphatic carbocycles. The molecule has 0 radical (unpaired) electrons. The number of nitrogens with two attached hydrogens (primary N) is 1. The molecule has 1 saturated heterocycles. The normalized spacial score (nSPS) is 18.5. The average molecular weight is 303 g/mol. The topological polar surface area (TPSA) is 38.0 Å². The Kier molecular flexibility index (Phi) is 5.95. The van der Waals surface area contributed by atoms with Crippen LogP contribution >= 0.6 is 23.4 Å². The minimum absolute atomic E-state index is 0.112. The van der Waals surface area contributed by atoms with Gasteiger partial charge in [0, 0.05) is 11.1 Å². The first kappa shape index (κ1) is 15.1. The number of thioether (sulfide) groups is 1. The molecular weight excluding hydrogens is 283 g/mol. The van der Waals surface area contributed by atoms with Gasteiger partial charge in [-0.15, -0.1) is 0 Å². The van der Waals surface area contributed by atoms with Crippen LogP contribution in [0.1, 0.15) is 24.8 Å². The van der Waals surface area contributed by atoms with Crippen molar-refractivity contribution in [3.05, 3.63) is 34.6 Å². The summed E-state index contributed by atoms with van der Waals surface area (Å²) in [6.07, 6.45) is 4.07. The van der Waals surface area contributed by atoms with Gasteiger partial charge >= 0.3 is 0 Å². The third-order valence-electron chi connectivity index (χ3n) is 3.67. The predicted octanol–water partition coefficient (Wildman–Crippen LogP) is 3.39. The van der Waals surface area contributed by atoms with Crippen molar-refractivity contribution in [3.63, 3.8) is 0 Å². The van der Waals surface area contributed by atoms with Gasteiger partial charge in [-0.3, -0.25) is 11.3 Å². The summed E-state index contributed by atoms with van der Waals surface area (Å²) in [5, 5.41) is 0.571. The molecule has 1 fully saturated rings. The second-order valence-electron chi connectivity index (χ2n) is 5.09. The van der Waals surface area contributed by atoms with Gasteiger partial charge in [-0.2, -0.15) is 11.8 Å². The van der Waals surface area contributed by atoms with Crippen molar-refractivity contribution >= 4 is 23.4 Å². The molecule has 2 rings (SSSR count). The van der Waals surface area contributed by atoms with Crippen molar-refractivity contribution in [1.82, 2.24) is 5.43 Å². The van der Waals surface area contributed by atoms with Gasteiger partial charge in [0.25, 0.3) is 0 Å². The first-order chi connectivity index (χ1) is 9.19. The zero-order valence-corrected chi connectivity index (χ0v) is 12.4. The summed E-state index contributed by atoms with van der Waals surface area (Å²) in [7, 11) is 0. The molecule has 19 heavy (non-hydrogen) atoms. The van der Waals surface area contributed by atoms with Gasteiger partial charge < -0.3 is 0 Å². The molecule has 2 nitrogen and oxygen atoms in total. The van der Waals surface area contributed by atoms with Gasteiger partial charge in [0.2, 0.25) is 0 Å². The van der Waals surface area contributed by atoms with Crippen LogP contribution in [0.5, 0.6) is 0 Å². The molecule has 3 N–H and O–H groups in total. The second-order valence-corrected chi connectivity index (χ2v) is 6.76. The van der Waals surface area contributed by atoms with Crippen LogP contribution in [-0.4, -0.2) is 17.5 Å². The third-order valence-corrected chi connectivity index (χ3v) is 4.95. The van der Waals surface area contributed by atoms with Crippen molar-refractivity contribution in [3.8, 4) is 0 Å². The molecule has 1 aliphatic heterocycles. The van der Waals surface area contributed by atoms with Crippen LogP contribution in [0.4, 0.5) is 4.39 Å². The number of rotatable bonds is 5. The summed E-state index contributed by atoms with van der Waals surface area (Å²) in [5.74, 6) is 8.57. The Hall–Kier alpha value is -0.290. The number of hydrazine groups is 1. The molecule has 0 aromatic heterocycles. The van der Waals surface area contributed by atoms with Crippen LogP contribution < -0.4 is 11.3 Å². The summed E-state index contributed by atoms with van der Waals surface area (Å²) >= 11 is 7.93. The molecule has 1 heterocycles. The van der Waals surface area contributed by atoms with Crippen molar-refractivity contribution in [2.24, 2.45) is 11.8 Å². The number of hydrogen-bond acceptors (Lipinski definition) is 3. The highest BCUT2D eigenvalue weighted by atomic mass is 35.5. The van der Waals surface area contributed by atoms with E-state index < -0.39 is 0 Å². The van der Waals surface area contributed by atoms with Crippen LogP contribution in [-0.2, 0) is 6.42 Å². The minimum atomic E-state index is -0.205. The maximum absolute atomic E-state index is 13.7. The van der Waals surface area contributed by atoms with E-state index >= 15 is 0 Å². The van der Waals surface area contributed by atoms with E-state index in [0.717, 1.165) is 6.42 Å². The van der Waals surface area contributed by atoms with Gasteiger partial charge in [0.1, 0.15) is 5.82 Å². The first-order valence-corrected chi connectivity index (χ1v) is 8.20. The largest absolute Gasteiger partial charge is 0.271 e. The smallest absolute Gasteiger partial charge is 0.126 e. The van der Waals surface area contributed by atoms with Crippen molar-refractivity contribution in [2.75, 3.05) is 11.5 Å². The van der Waals surface area contributed by atoms with E-state index in [1.807, 2.05) is 11.8 Å². The number of benzene rings is 1. The van der Waals surface area contributed by atoms with E-state index in [9.17, 15) is 4.39 Å². The van der Waals surface area contributed by atoms with E-state index in [1.165, 1.54) is 30.4 Å². The highest BCUT2D eigenvalue weighted by Gasteiger charge is 2.19. The Morgan fingerprint density at radius 1 is 1.42 bits per heavy atom. The van der Waals surface area contributed by atoms with Crippen LogP contribution in [0.15, 0.2) is 18.2 Å².